The molecule has 1 aromatic heterocycles. The molecule has 6 nitrogen and oxygen atoms in total. The summed E-state index contributed by atoms with van der Waals surface area (Å²) in [5, 5.41) is 6.57. The van der Waals surface area contributed by atoms with Gasteiger partial charge in [0, 0.05) is 6.04 Å². The monoisotopic (exact) mass is 372 g/mol. The minimum Gasteiger partial charge on any atom is -0.450 e. The summed E-state index contributed by atoms with van der Waals surface area (Å²) in [6, 6.07) is 6.11. The molecular weight excluding hydrogens is 340 g/mol. The summed E-state index contributed by atoms with van der Waals surface area (Å²) >= 11 is 0. The Kier molecular flexibility index (Phi) is 7.85. The van der Waals surface area contributed by atoms with Gasteiger partial charge in [0.15, 0.2) is 17.3 Å². The number of aryl methyl sites for hydroxylation is 1. The lowest BCUT2D eigenvalue weighted by molar-refractivity contribution is 0.413. The maximum absolute atomic E-state index is 12.4. The first-order chi connectivity index (χ1) is 13.2. The largest absolute Gasteiger partial charge is 0.450 e. The zero-order chi connectivity index (χ0) is 19.8. The molecule has 3 heterocycles. The molecule has 0 spiro atoms. The first-order valence-electron chi connectivity index (χ1n) is 10.1. The molecule has 148 valence electrons. The van der Waals surface area contributed by atoms with E-state index in [1.807, 2.05) is 52.8 Å². The fraction of sp³-hybridized carbons (Fsp3) is 0.524. The molecule has 0 aliphatic carbocycles. The molecule has 4 rings (SSSR count). The highest BCUT2D eigenvalue weighted by molar-refractivity contribution is 5.72. The van der Waals surface area contributed by atoms with Gasteiger partial charge in [0.05, 0.1) is 11.9 Å². The van der Waals surface area contributed by atoms with Crippen molar-refractivity contribution in [3.63, 3.8) is 0 Å². The molecule has 0 amide bonds. The first-order valence-corrected chi connectivity index (χ1v) is 10.1. The average Bonchev–Trinajstić information content (AvgIpc) is 2.98. The number of aromatic nitrogens is 2. The van der Waals surface area contributed by atoms with E-state index in [1.54, 1.807) is 10.8 Å². The van der Waals surface area contributed by atoms with E-state index in [1.165, 1.54) is 0 Å². The second-order valence-electron chi connectivity index (χ2n) is 6.21. The highest BCUT2D eigenvalue weighted by Crippen LogP contribution is 2.40. The summed E-state index contributed by atoms with van der Waals surface area (Å²) in [4.78, 5) is 16.6. The van der Waals surface area contributed by atoms with Gasteiger partial charge in [-0.25, -0.2) is 4.79 Å². The SMILES string of the molecule is CC.CC.Cc1ccc2c(c1)Nc1nc(=O)n(C3CCCNCC3)cc1O2. The minimum absolute atomic E-state index is 0.179. The maximum Gasteiger partial charge on any atom is 0.350 e. The topological polar surface area (TPSA) is 68.2 Å². The Balaban J connectivity index is 0.000000614. The highest BCUT2D eigenvalue weighted by atomic mass is 16.5. The van der Waals surface area contributed by atoms with Crippen LogP contribution in [0.1, 0.15) is 58.6 Å². The molecule has 1 aromatic carbocycles. The van der Waals surface area contributed by atoms with Crippen LogP contribution in [0.25, 0.3) is 0 Å². The Bertz CT molecular complexity index is 793. The van der Waals surface area contributed by atoms with Crippen molar-refractivity contribution in [2.24, 2.45) is 0 Å². The summed E-state index contributed by atoms with van der Waals surface area (Å²) in [7, 11) is 0. The van der Waals surface area contributed by atoms with Crippen LogP contribution in [0.2, 0.25) is 0 Å². The van der Waals surface area contributed by atoms with Crippen molar-refractivity contribution in [3.05, 3.63) is 40.4 Å². The molecule has 0 saturated carbocycles. The van der Waals surface area contributed by atoms with E-state index in [2.05, 4.69) is 15.6 Å². The van der Waals surface area contributed by atoms with Crippen LogP contribution in [-0.4, -0.2) is 22.6 Å². The molecule has 1 saturated heterocycles. The molecule has 1 atom stereocenters. The number of hydrogen-bond acceptors (Lipinski definition) is 5. The molecule has 1 fully saturated rings. The predicted octanol–water partition coefficient (Wildman–Crippen LogP) is 4.77. The molecule has 1 unspecified atom stereocenters. The van der Waals surface area contributed by atoms with Gasteiger partial charge in [0.2, 0.25) is 0 Å². The zero-order valence-corrected chi connectivity index (χ0v) is 17.1. The third-order valence-corrected chi connectivity index (χ3v) is 4.46. The molecule has 0 radical (unpaired) electrons. The summed E-state index contributed by atoms with van der Waals surface area (Å²) in [6.07, 6.45) is 4.78. The molecule has 2 aliphatic rings. The summed E-state index contributed by atoms with van der Waals surface area (Å²) in [6.45, 7) is 12.0. The van der Waals surface area contributed by atoms with E-state index in [0.29, 0.717) is 11.6 Å². The smallest absolute Gasteiger partial charge is 0.350 e. The summed E-state index contributed by atoms with van der Waals surface area (Å²) in [5.41, 5.74) is 1.76. The van der Waals surface area contributed by atoms with E-state index in [4.69, 9.17) is 4.74 Å². The lowest BCUT2D eigenvalue weighted by Gasteiger charge is -2.24. The first kappa shape index (κ1) is 21.0. The van der Waals surface area contributed by atoms with Gasteiger partial charge in [0.1, 0.15) is 0 Å². The van der Waals surface area contributed by atoms with Crippen LogP contribution in [0.15, 0.2) is 29.2 Å². The number of ether oxygens (including phenoxy) is 1. The lowest BCUT2D eigenvalue weighted by atomic mass is 10.1. The number of benzene rings is 1. The standard InChI is InChI=1S/C17H20N4O2.2C2H6/c1-11-4-5-14-13(9-11)19-16-15(23-14)10-21(17(22)20-16)12-3-2-7-18-8-6-12;2*1-2/h4-5,9-10,12,18H,2-3,6-8H2,1H3,(H,19,20,22);2*1-2H3. The van der Waals surface area contributed by atoms with Crippen LogP contribution >= 0.6 is 0 Å². The average molecular weight is 373 g/mol. The van der Waals surface area contributed by atoms with Crippen LogP contribution < -0.4 is 21.1 Å². The van der Waals surface area contributed by atoms with Gasteiger partial charge in [-0.2, -0.15) is 4.98 Å². The molecule has 6 heteroatoms. The van der Waals surface area contributed by atoms with Crippen molar-refractivity contribution in [2.45, 2.75) is 59.9 Å². The number of nitrogens with zero attached hydrogens (tertiary/aromatic N) is 2. The summed E-state index contributed by atoms with van der Waals surface area (Å²) in [5.74, 6) is 1.87. The quantitative estimate of drug-likeness (QED) is 0.644. The fourth-order valence-electron chi connectivity index (χ4n) is 3.23. The Labute approximate surface area is 162 Å². The van der Waals surface area contributed by atoms with Crippen molar-refractivity contribution in [1.29, 1.82) is 0 Å². The van der Waals surface area contributed by atoms with Crippen LogP contribution in [-0.2, 0) is 0 Å². The van der Waals surface area contributed by atoms with E-state index in [-0.39, 0.29) is 11.7 Å². The third-order valence-electron chi connectivity index (χ3n) is 4.46. The van der Waals surface area contributed by atoms with Crippen molar-refractivity contribution in [3.8, 4) is 11.5 Å². The van der Waals surface area contributed by atoms with Crippen LogP contribution in [0, 0.1) is 6.92 Å². The van der Waals surface area contributed by atoms with Gasteiger partial charge in [-0.05, 0) is 57.0 Å². The summed E-state index contributed by atoms with van der Waals surface area (Å²) < 4.78 is 7.68. The van der Waals surface area contributed by atoms with Crippen LogP contribution in [0.4, 0.5) is 11.5 Å². The van der Waals surface area contributed by atoms with Gasteiger partial charge in [0.25, 0.3) is 0 Å². The van der Waals surface area contributed by atoms with Crippen molar-refractivity contribution < 1.29 is 4.74 Å². The molecule has 0 bridgehead atoms. The Morgan fingerprint density at radius 2 is 1.89 bits per heavy atom. The molecule has 2 aromatic rings. The fourth-order valence-corrected chi connectivity index (χ4v) is 3.23. The second-order valence-corrected chi connectivity index (χ2v) is 6.21. The molecule has 27 heavy (non-hydrogen) atoms. The van der Waals surface area contributed by atoms with Crippen LogP contribution in [0.3, 0.4) is 0 Å². The van der Waals surface area contributed by atoms with E-state index >= 15 is 0 Å². The zero-order valence-electron chi connectivity index (χ0n) is 17.1. The van der Waals surface area contributed by atoms with Gasteiger partial charge >= 0.3 is 5.69 Å². The molecule has 2 N–H and O–H groups in total. The Hall–Kier alpha value is -2.34. The van der Waals surface area contributed by atoms with E-state index in [0.717, 1.165) is 49.4 Å². The van der Waals surface area contributed by atoms with E-state index < -0.39 is 0 Å². The normalized spacial score (nSPS) is 17.3. The number of rotatable bonds is 1. The van der Waals surface area contributed by atoms with Crippen molar-refractivity contribution in [1.82, 2.24) is 14.9 Å². The number of hydrogen-bond donors (Lipinski definition) is 2. The lowest BCUT2D eigenvalue weighted by Crippen LogP contribution is -2.28. The van der Waals surface area contributed by atoms with E-state index in [9.17, 15) is 4.79 Å². The maximum atomic E-state index is 12.4. The Morgan fingerprint density at radius 1 is 1.11 bits per heavy atom. The molecule has 2 aliphatic heterocycles. The van der Waals surface area contributed by atoms with Gasteiger partial charge in [-0.15, -0.1) is 0 Å². The van der Waals surface area contributed by atoms with Crippen molar-refractivity contribution in [2.75, 3.05) is 18.4 Å². The second kappa shape index (κ2) is 10.1. The molecular formula is C21H32N4O2. The minimum atomic E-state index is -0.220. The highest BCUT2D eigenvalue weighted by Gasteiger charge is 2.22. The van der Waals surface area contributed by atoms with Gasteiger partial charge < -0.3 is 15.4 Å². The van der Waals surface area contributed by atoms with Gasteiger partial charge in [-0.1, -0.05) is 33.8 Å². The predicted molar refractivity (Wildman–Crippen MR) is 111 cm³/mol. The number of nitrogens with one attached hydrogen (secondary N) is 2. The third kappa shape index (κ3) is 4.89. The van der Waals surface area contributed by atoms with Crippen molar-refractivity contribution >= 4 is 11.5 Å². The van der Waals surface area contributed by atoms with Gasteiger partial charge in [-0.3, -0.25) is 4.57 Å². The number of fused-ring (bicyclic) bond motifs is 2. The Morgan fingerprint density at radius 3 is 2.67 bits per heavy atom. The van der Waals surface area contributed by atoms with Crippen LogP contribution in [0.5, 0.6) is 11.5 Å². The number of anilines is 2.